The maximum Gasteiger partial charge on any atom is 0.226 e. The van der Waals surface area contributed by atoms with Gasteiger partial charge in [0.2, 0.25) is 11.8 Å². The molecule has 7 nitrogen and oxygen atoms in total. The summed E-state index contributed by atoms with van der Waals surface area (Å²) in [5.74, 6) is -2.20. The van der Waals surface area contributed by atoms with Crippen molar-refractivity contribution in [3.63, 3.8) is 0 Å². The number of amides is 2. The number of fused-ring (bicyclic) bond motifs is 1. The average Bonchev–Trinajstić information content (AvgIpc) is 3.12. The second-order valence-corrected chi connectivity index (χ2v) is 9.03. The third kappa shape index (κ3) is 6.40. The van der Waals surface area contributed by atoms with E-state index in [2.05, 4.69) is 10.00 Å². The molecule has 0 atom stereocenters. The van der Waals surface area contributed by atoms with Crippen LogP contribution in [0.2, 0.25) is 0 Å². The first-order chi connectivity index (χ1) is 16.2. The van der Waals surface area contributed by atoms with Crippen molar-refractivity contribution in [1.29, 1.82) is 0 Å². The Morgan fingerprint density at radius 2 is 1.68 bits per heavy atom. The summed E-state index contributed by atoms with van der Waals surface area (Å²) >= 11 is 0. The van der Waals surface area contributed by atoms with E-state index < -0.39 is 11.6 Å². The number of hydrogen-bond donors (Lipinski definition) is 0. The fourth-order valence-corrected chi connectivity index (χ4v) is 4.46. The third-order valence-electron chi connectivity index (χ3n) is 6.34. The van der Waals surface area contributed by atoms with E-state index in [1.807, 2.05) is 27.2 Å². The van der Waals surface area contributed by atoms with Gasteiger partial charge in [-0.05, 0) is 63.5 Å². The molecule has 0 N–H and O–H groups in total. The van der Waals surface area contributed by atoms with Gasteiger partial charge in [0.15, 0.2) is 11.6 Å². The minimum atomic E-state index is -0.998. The zero-order valence-electron chi connectivity index (χ0n) is 20.6. The Labute approximate surface area is 200 Å². The molecule has 0 unspecified atom stereocenters. The third-order valence-corrected chi connectivity index (χ3v) is 6.34. The van der Waals surface area contributed by atoms with Crippen molar-refractivity contribution in [2.75, 3.05) is 38.1 Å². The highest BCUT2D eigenvalue weighted by molar-refractivity contribution is 5.94. The van der Waals surface area contributed by atoms with Crippen molar-refractivity contribution >= 4 is 17.5 Å². The lowest BCUT2D eigenvalue weighted by Gasteiger charge is -2.31. The molecule has 9 heteroatoms. The Balaban J connectivity index is 1.91. The molecule has 1 aromatic carbocycles. The fraction of sp³-hybridized carbons (Fsp3) is 0.560. The van der Waals surface area contributed by atoms with Gasteiger partial charge in [0.05, 0.1) is 11.4 Å². The molecule has 1 aromatic heterocycles. The normalized spacial score (nSPS) is 16.1. The first-order valence-electron chi connectivity index (χ1n) is 11.9. The van der Waals surface area contributed by atoms with E-state index in [0.717, 1.165) is 42.9 Å². The van der Waals surface area contributed by atoms with Crippen LogP contribution in [0.5, 0.6) is 0 Å². The summed E-state index contributed by atoms with van der Waals surface area (Å²) in [4.78, 5) is 31.4. The van der Waals surface area contributed by atoms with Gasteiger partial charge in [-0.1, -0.05) is 6.92 Å². The van der Waals surface area contributed by atoms with Crippen LogP contribution in [0, 0.1) is 18.6 Å². The Bertz CT molecular complexity index is 1020. The highest BCUT2D eigenvalue weighted by Crippen LogP contribution is 2.27. The molecule has 1 aliphatic heterocycles. The van der Waals surface area contributed by atoms with E-state index >= 15 is 0 Å². The lowest BCUT2D eigenvalue weighted by atomic mass is 10.1. The molecule has 2 aromatic rings. The summed E-state index contributed by atoms with van der Waals surface area (Å²) in [5.41, 5.74) is 2.69. The smallest absolute Gasteiger partial charge is 0.226 e. The fourth-order valence-electron chi connectivity index (χ4n) is 4.46. The van der Waals surface area contributed by atoms with Crippen LogP contribution in [0.25, 0.3) is 0 Å². The predicted octanol–water partition coefficient (Wildman–Crippen LogP) is 3.44. The van der Waals surface area contributed by atoms with Crippen LogP contribution in [0.15, 0.2) is 18.3 Å². The van der Waals surface area contributed by atoms with Gasteiger partial charge in [-0.25, -0.2) is 8.78 Å². The van der Waals surface area contributed by atoms with Gasteiger partial charge >= 0.3 is 0 Å². The van der Waals surface area contributed by atoms with E-state index in [1.54, 1.807) is 16.5 Å². The van der Waals surface area contributed by atoms with Crippen LogP contribution in [0.4, 0.5) is 14.5 Å². The number of aryl methyl sites for hydroxylation is 3. The molecule has 0 spiro atoms. The molecule has 1 aliphatic rings. The van der Waals surface area contributed by atoms with E-state index in [4.69, 9.17) is 0 Å². The first-order valence-corrected chi connectivity index (χ1v) is 11.9. The minimum absolute atomic E-state index is 0.0629. The maximum atomic E-state index is 14.3. The van der Waals surface area contributed by atoms with Gasteiger partial charge in [-0.15, -0.1) is 0 Å². The molecule has 0 fully saturated rings. The number of halogens is 2. The standard InChI is InChI=1S/C25H35F2N5O2/c1-5-24(33)32-13-7-11-29(3)10-6-12-31(17-20-14-21(26)22(27)15-23(20)32)25(34)9-8-19-16-30(4)28-18(19)2/h14-16H,5-13,17H2,1-4H3. The Morgan fingerprint density at radius 3 is 2.32 bits per heavy atom. The largest absolute Gasteiger partial charge is 0.338 e. The van der Waals surface area contributed by atoms with Crippen molar-refractivity contribution in [2.45, 2.75) is 52.5 Å². The molecule has 34 heavy (non-hydrogen) atoms. The Hall–Kier alpha value is -2.81. The van der Waals surface area contributed by atoms with Crippen LogP contribution < -0.4 is 4.90 Å². The number of benzene rings is 1. The highest BCUT2D eigenvalue weighted by Gasteiger charge is 2.24. The number of carbonyl (C=O) groups excluding carboxylic acids is 2. The first kappa shape index (κ1) is 25.8. The van der Waals surface area contributed by atoms with Crippen molar-refractivity contribution in [3.05, 3.63) is 46.8 Å². The van der Waals surface area contributed by atoms with Gasteiger partial charge in [0.25, 0.3) is 0 Å². The maximum absolute atomic E-state index is 14.3. The monoisotopic (exact) mass is 475 g/mol. The summed E-state index contributed by atoms with van der Waals surface area (Å²) in [5, 5.41) is 4.33. The number of rotatable bonds is 4. The van der Waals surface area contributed by atoms with Crippen LogP contribution in [0.1, 0.15) is 49.4 Å². The summed E-state index contributed by atoms with van der Waals surface area (Å²) < 4.78 is 30.3. The molecule has 2 heterocycles. The number of carbonyl (C=O) groups is 2. The molecule has 0 saturated carbocycles. The molecule has 3 rings (SSSR count). The average molecular weight is 476 g/mol. The molecule has 186 valence electrons. The van der Waals surface area contributed by atoms with E-state index in [-0.39, 0.29) is 24.8 Å². The Morgan fingerprint density at radius 1 is 1.00 bits per heavy atom. The number of aromatic nitrogens is 2. The number of hydrogen-bond acceptors (Lipinski definition) is 4. The number of anilines is 1. The van der Waals surface area contributed by atoms with E-state index in [9.17, 15) is 18.4 Å². The molecule has 0 saturated heterocycles. The zero-order chi connectivity index (χ0) is 24.8. The lowest BCUT2D eigenvalue weighted by Crippen LogP contribution is -2.38. The topological polar surface area (TPSA) is 61.7 Å². The number of nitrogens with zero attached hydrogens (tertiary/aromatic N) is 5. The molecule has 0 aliphatic carbocycles. The second-order valence-electron chi connectivity index (χ2n) is 9.03. The van der Waals surface area contributed by atoms with Crippen LogP contribution in [-0.4, -0.2) is 64.6 Å². The van der Waals surface area contributed by atoms with Crippen molar-refractivity contribution in [3.8, 4) is 0 Å². The van der Waals surface area contributed by atoms with Gasteiger partial charge in [-0.2, -0.15) is 5.10 Å². The van der Waals surface area contributed by atoms with Crippen molar-refractivity contribution in [1.82, 2.24) is 19.6 Å². The summed E-state index contributed by atoms with van der Waals surface area (Å²) in [6.45, 7) is 6.26. The van der Waals surface area contributed by atoms with Crippen molar-refractivity contribution in [2.24, 2.45) is 7.05 Å². The lowest BCUT2D eigenvalue weighted by molar-refractivity contribution is -0.131. The SMILES string of the molecule is CCC(=O)N1CCCN(C)CCCN(C(=O)CCc2cn(C)nc2C)Cc2cc(F)c(F)cc21. The van der Waals surface area contributed by atoms with Gasteiger partial charge in [-0.3, -0.25) is 14.3 Å². The molecular formula is C25H35F2N5O2. The molecule has 0 radical (unpaired) electrons. The molecular weight excluding hydrogens is 440 g/mol. The zero-order valence-corrected chi connectivity index (χ0v) is 20.6. The highest BCUT2D eigenvalue weighted by atomic mass is 19.2. The summed E-state index contributed by atoms with van der Waals surface area (Å²) in [6.07, 6.45) is 4.49. The molecule has 2 amide bonds. The molecule has 0 bridgehead atoms. The summed E-state index contributed by atoms with van der Waals surface area (Å²) in [6, 6.07) is 2.22. The summed E-state index contributed by atoms with van der Waals surface area (Å²) in [7, 11) is 3.86. The van der Waals surface area contributed by atoms with Gasteiger partial charge in [0, 0.05) is 51.8 Å². The van der Waals surface area contributed by atoms with Gasteiger partial charge < -0.3 is 14.7 Å². The van der Waals surface area contributed by atoms with Crippen molar-refractivity contribution < 1.29 is 18.4 Å². The minimum Gasteiger partial charge on any atom is -0.338 e. The van der Waals surface area contributed by atoms with E-state index in [1.165, 1.54) is 4.90 Å². The van der Waals surface area contributed by atoms with Crippen LogP contribution in [0.3, 0.4) is 0 Å². The van der Waals surface area contributed by atoms with E-state index in [0.29, 0.717) is 43.6 Å². The quantitative estimate of drug-likeness (QED) is 0.680. The second kappa shape index (κ2) is 11.6. The van der Waals surface area contributed by atoms with Crippen LogP contribution >= 0.6 is 0 Å². The van der Waals surface area contributed by atoms with Gasteiger partial charge in [0.1, 0.15) is 0 Å². The van der Waals surface area contributed by atoms with Crippen LogP contribution in [-0.2, 0) is 29.6 Å². The Kier molecular flexibility index (Phi) is 8.77. The predicted molar refractivity (Wildman–Crippen MR) is 127 cm³/mol.